The van der Waals surface area contributed by atoms with Gasteiger partial charge in [0.15, 0.2) is 0 Å². The highest BCUT2D eigenvalue weighted by Crippen LogP contribution is 2.37. The fourth-order valence-electron chi connectivity index (χ4n) is 4.50. The van der Waals surface area contributed by atoms with Crippen molar-refractivity contribution >= 4 is 17.5 Å². The molecule has 3 aromatic rings. The lowest BCUT2D eigenvalue weighted by atomic mass is 9.91. The number of fused-ring (bicyclic) bond motifs is 1. The lowest BCUT2D eigenvalue weighted by Gasteiger charge is -2.34. The lowest BCUT2D eigenvalue weighted by Crippen LogP contribution is -2.44. The van der Waals surface area contributed by atoms with Crippen molar-refractivity contribution in [3.05, 3.63) is 70.5 Å². The van der Waals surface area contributed by atoms with Crippen LogP contribution in [0.1, 0.15) is 40.9 Å². The SMILES string of the molecule is COc1cccc(Cl)c1-c1ccc(C(=O)N(C2CC2)C2CCc3[nH]ncc3C2)cc1. The molecule has 2 aliphatic carbocycles. The molecule has 1 atom stereocenters. The van der Waals surface area contributed by atoms with E-state index >= 15 is 0 Å². The Labute approximate surface area is 181 Å². The monoisotopic (exact) mass is 421 g/mol. The number of H-pyrrole nitrogens is 1. The van der Waals surface area contributed by atoms with E-state index in [0.717, 1.165) is 54.5 Å². The average molecular weight is 422 g/mol. The molecule has 1 amide bonds. The molecule has 1 unspecified atom stereocenters. The summed E-state index contributed by atoms with van der Waals surface area (Å²) in [5.74, 6) is 0.839. The van der Waals surface area contributed by atoms with Gasteiger partial charge in [0.1, 0.15) is 5.75 Å². The number of carbonyl (C=O) groups excluding carboxylic acids is 1. The van der Waals surface area contributed by atoms with Crippen LogP contribution in [0.15, 0.2) is 48.7 Å². The molecular weight excluding hydrogens is 398 g/mol. The highest BCUT2D eigenvalue weighted by Gasteiger charge is 2.39. The van der Waals surface area contributed by atoms with E-state index in [4.69, 9.17) is 16.3 Å². The van der Waals surface area contributed by atoms with Crippen molar-refractivity contribution in [1.82, 2.24) is 15.1 Å². The number of amides is 1. The van der Waals surface area contributed by atoms with Crippen molar-refractivity contribution in [3.8, 4) is 16.9 Å². The smallest absolute Gasteiger partial charge is 0.254 e. The van der Waals surface area contributed by atoms with Crippen LogP contribution in [-0.4, -0.2) is 40.2 Å². The standard InChI is InChI=1S/C24H24ClN3O2/c1-30-22-4-2-3-20(25)23(22)15-5-7-16(8-6-15)24(29)28(18-9-10-18)19-11-12-21-17(13-19)14-26-27-21/h2-8,14,18-19H,9-13H2,1H3,(H,26,27). The minimum absolute atomic E-state index is 0.118. The van der Waals surface area contributed by atoms with E-state index in [1.54, 1.807) is 7.11 Å². The van der Waals surface area contributed by atoms with Crippen molar-refractivity contribution in [1.29, 1.82) is 0 Å². The summed E-state index contributed by atoms with van der Waals surface area (Å²) in [5.41, 5.74) is 4.96. The normalized spacial score (nSPS) is 18.0. The molecule has 0 spiro atoms. The molecule has 6 heteroatoms. The quantitative estimate of drug-likeness (QED) is 0.637. The third kappa shape index (κ3) is 3.47. The second-order valence-corrected chi connectivity index (χ2v) is 8.52. The zero-order valence-corrected chi connectivity index (χ0v) is 17.7. The third-order valence-electron chi connectivity index (χ3n) is 6.17. The average Bonchev–Trinajstić information content (AvgIpc) is 3.49. The van der Waals surface area contributed by atoms with Gasteiger partial charge in [-0.1, -0.05) is 29.8 Å². The van der Waals surface area contributed by atoms with Gasteiger partial charge in [0.05, 0.1) is 18.3 Å². The molecule has 2 aromatic carbocycles. The first-order valence-electron chi connectivity index (χ1n) is 10.4. The van der Waals surface area contributed by atoms with E-state index in [9.17, 15) is 4.79 Å². The molecule has 2 aliphatic rings. The van der Waals surface area contributed by atoms with Crippen molar-refractivity contribution in [3.63, 3.8) is 0 Å². The van der Waals surface area contributed by atoms with E-state index in [-0.39, 0.29) is 11.9 Å². The fraction of sp³-hybridized carbons (Fsp3) is 0.333. The van der Waals surface area contributed by atoms with E-state index in [2.05, 4.69) is 15.1 Å². The van der Waals surface area contributed by atoms with Crippen molar-refractivity contribution in [2.45, 2.75) is 44.2 Å². The Balaban J connectivity index is 1.41. The fourth-order valence-corrected chi connectivity index (χ4v) is 4.78. The summed E-state index contributed by atoms with van der Waals surface area (Å²) in [6, 6.07) is 13.9. The van der Waals surface area contributed by atoms with Gasteiger partial charge < -0.3 is 9.64 Å². The molecule has 1 fully saturated rings. The first-order chi connectivity index (χ1) is 14.7. The molecule has 5 rings (SSSR count). The van der Waals surface area contributed by atoms with Crippen LogP contribution in [0.5, 0.6) is 5.75 Å². The zero-order valence-electron chi connectivity index (χ0n) is 16.9. The number of aromatic amines is 1. The summed E-state index contributed by atoms with van der Waals surface area (Å²) in [6.07, 6.45) is 6.89. The lowest BCUT2D eigenvalue weighted by molar-refractivity contribution is 0.0643. The Morgan fingerprint density at radius 3 is 2.67 bits per heavy atom. The second kappa shape index (κ2) is 7.80. The van der Waals surface area contributed by atoms with Crippen LogP contribution in [0.3, 0.4) is 0 Å². The van der Waals surface area contributed by atoms with E-state index in [1.165, 1.54) is 11.3 Å². The molecule has 1 saturated carbocycles. The highest BCUT2D eigenvalue weighted by molar-refractivity contribution is 6.33. The predicted molar refractivity (Wildman–Crippen MR) is 117 cm³/mol. The summed E-state index contributed by atoms with van der Waals surface area (Å²) < 4.78 is 5.47. The Hall–Kier alpha value is -2.79. The molecule has 1 heterocycles. The summed E-state index contributed by atoms with van der Waals surface area (Å²) >= 11 is 6.42. The maximum Gasteiger partial charge on any atom is 0.254 e. The number of nitrogens with one attached hydrogen (secondary N) is 1. The van der Waals surface area contributed by atoms with Crippen LogP contribution in [0.25, 0.3) is 11.1 Å². The summed E-state index contributed by atoms with van der Waals surface area (Å²) in [7, 11) is 1.64. The second-order valence-electron chi connectivity index (χ2n) is 8.11. The number of rotatable bonds is 5. The molecule has 1 aromatic heterocycles. The van der Waals surface area contributed by atoms with Gasteiger partial charge in [-0.05, 0) is 67.5 Å². The van der Waals surface area contributed by atoms with E-state index < -0.39 is 0 Å². The third-order valence-corrected chi connectivity index (χ3v) is 6.49. The topological polar surface area (TPSA) is 58.2 Å². The molecule has 0 bridgehead atoms. The largest absolute Gasteiger partial charge is 0.496 e. The van der Waals surface area contributed by atoms with E-state index in [0.29, 0.717) is 11.1 Å². The van der Waals surface area contributed by atoms with Crippen molar-refractivity contribution in [2.24, 2.45) is 0 Å². The van der Waals surface area contributed by atoms with Gasteiger partial charge in [-0.2, -0.15) is 5.10 Å². The van der Waals surface area contributed by atoms with Crippen LogP contribution in [0, 0.1) is 0 Å². The molecule has 1 N–H and O–H groups in total. The number of benzene rings is 2. The zero-order chi connectivity index (χ0) is 20.7. The van der Waals surface area contributed by atoms with Gasteiger partial charge in [0, 0.05) is 28.9 Å². The number of aromatic nitrogens is 2. The molecule has 30 heavy (non-hydrogen) atoms. The molecule has 0 radical (unpaired) electrons. The van der Waals surface area contributed by atoms with Gasteiger partial charge >= 0.3 is 0 Å². The maximum absolute atomic E-state index is 13.5. The van der Waals surface area contributed by atoms with Crippen molar-refractivity contribution in [2.75, 3.05) is 7.11 Å². The summed E-state index contributed by atoms with van der Waals surface area (Å²) in [4.78, 5) is 15.6. The van der Waals surface area contributed by atoms with Crippen LogP contribution >= 0.6 is 11.6 Å². The number of carbonyl (C=O) groups is 1. The first kappa shape index (κ1) is 19.2. The molecule has 5 nitrogen and oxygen atoms in total. The van der Waals surface area contributed by atoms with Crippen molar-refractivity contribution < 1.29 is 9.53 Å². The van der Waals surface area contributed by atoms with Gasteiger partial charge in [-0.15, -0.1) is 0 Å². The number of aryl methyl sites for hydroxylation is 1. The number of nitrogens with zero attached hydrogens (tertiary/aromatic N) is 2. The van der Waals surface area contributed by atoms with Crippen LogP contribution < -0.4 is 4.74 Å². The Bertz CT molecular complexity index is 1070. The maximum atomic E-state index is 13.5. The number of halogens is 1. The van der Waals surface area contributed by atoms with Crippen LogP contribution in [0.4, 0.5) is 0 Å². The van der Waals surface area contributed by atoms with Gasteiger partial charge in [-0.25, -0.2) is 0 Å². The summed E-state index contributed by atoms with van der Waals surface area (Å²) in [6.45, 7) is 0. The van der Waals surface area contributed by atoms with Crippen LogP contribution in [0.2, 0.25) is 5.02 Å². The Kier molecular flexibility index (Phi) is 4.99. The Morgan fingerprint density at radius 1 is 1.13 bits per heavy atom. The number of hydrogen-bond donors (Lipinski definition) is 1. The molecule has 0 aliphatic heterocycles. The first-order valence-corrected chi connectivity index (χ1v) is 10.8. The molecule has 0 saturated heterocycles. The van der Waals surface area contributed by atoms with Crippen LogP contribution in [-0.2, 0) is 12.8 Å². The number of ether oxygens (including phenoxy) is 1. The summed E-state index contributed by atoms with van der Waals surface area (Å²) in [5, 5.41) is 7.89. The highest BCUT2D eigenvalue weighted by atomic mass is 35.5. The Morgan fingerprint density at radius 2 is 1.93 bits per heavy atom. The minimum Gasteiger partial charge on any atom is -0.496 e. The van der Waals surface area contributed by atoms with Gasteiger partial charge in [0.25, 0.3) is 5.91 Å². The molecule has 154 valence electrons. The number of hydrogen-bond acceptors (Lipinski definition) is 3. The van der Waals surface area contributed by atoms with Gasteiger partial charge in [0.2, 0.25) is 0 Å². The predicted octanol–water partition coefficient (Wildman–Crippen LogP) is 4.90. The van der Waals surface area contributed by atoms with E-state index in [1.807, 2.05) is 48.7 Å². The molecular formula is C24H24ClN3O2. The minimum atomic E-state index is 0.118. The number of methoxy groups -OCH3 is 1. The van der Waals surface area contributed by atoms with Gasteiger partial charge in [-0.3, -0.25) is 9.89 Å².